The number of aromatic nitrogens is 3. The van der Waals surface area contributed by atoms with Crippen molar-refractivity contribution in [2.24, 2.45) is 0 Å². The van der Waals surface area contributed by atoms with Crippen LogP contribution in [-0.2, 0) is 6.54 Å². The van der Waals surface area contributed by atoms with E-state index >= 15 is 0 Å². The third-order valence-corrected chi connectivity index (χ3v) is 4.51. The molecule has 0 aliphatic heterocycles. The first kappa shape index (κ1) is 17.1. The molecule has 4 rings (SSSR count). The van der Waals surface area contributed by atoms with Crippen molar-refractivity contribution in [2.45, 2.75) is 26.3 Å². The molecule has 27 heavy (non-hydrogen) atoms. The van der Waals surface area contributed by atoms with E-state index in [1.807, 2.05) is 28.8 Å². The summed E-state index contributed by atoms with van der Waals surface area (Å²) in [5.74, 6) is 0.530. The summed E-state index contributed by atoms with van der Waals surface area (Å²) < 4.78 is 9.07. The molecule has 0 radical (unpaired) electrons. The van der Waals surface area contributed by atoms with Gasteiger partial charge in [0.1, 0.15) is 11.3 Å². The topological polar surface area (TPSA) is 81.5 Å². The number of amides is 1. The van der Waals surface area contributed by atoms with Gasteiger partial charge in [0.05, 0.1) is 12.1 Å². The van der Waals surface area contributed by atoms with E-state index in [0.29, 0.717) is 23.5 Å². The molecule has 0 atom stereocenters. The minimum absolute atomic E-state index is 0.156. The summed E-state index contributed by atoms with van der Waals surface area (Å²) in [6.45, 7) is 2.88. The fourth-order valence-corrected chi connectivity index (χ4v) is 3.14. The molecule has 1 N–H and O–H groups in total. The summed E-state index contributed by atoms with van der Waals surface area (Å²) in [6.07, 6.45) is 5.43. The van der Waals surface area contributed by atoms with Crippen molar-refractivity contribution in [2.75, 3.05) is 6.54 Å². The van der Waals surface area contributed by atoms with Crippen LogP contribution in [-0.4, -0.2) is 26.4 Å². The SMILES string of the molecule is CCCCNC(=O)c1ccc(Cn2c(=O)c3cccn3c3cccnc32)o1. The number of hydrogen-bond acceptors (Lipinski definition) is 4. The lowest BCUT2D eigenvalue weighted by Gasteiger charge is -2.10. The molecule has 0 aromatic carbocycles. The van der Waals surface area contributed by atoms with E-state index in [1.54, 1.807) is 29.0 Å². The van der Waals surface area contributed by atoms with Gasteiger partial charge in [-0.05, 0) is 42.8 Å². The number of hydrogen-bond donors (Lipinski definition) is 1. The first-order valence-electron chi connectivity index (χ1n) is 9.00. The molecule has 4 aromatic heterocycles. The van der Waals surface area contributed by atoms with E-state index in [9.17, 15) is 9.59 Å². The van der Waals surface area contributed by atoms with Crippen LogP contribution in [0.5, 0.6) is 0 Å². The molecular weight excluding hydrogens is 344 g/mol. The summed E-state index contributed by atoms with van der Waals surface area (Å²) in [5.41, 5.74) is 1.81. The Morgan fingerprint density at radius 2 is 2.04 bits per heavy atom. The zero-order valence-electron chi connectivity index (χ0n) is 15.0. The molecule has 0 aliphatic carbocycles. The number of carbonyl (C=O) groups excluding carboxylic acids is 1. The Labute approximate surface area is 155 Å². The minimum atomic E-state index is -0.243. The van der Waals surface area contributed by atoms with Gasteiger partial charge in [0.25, 0.3) is 11.5 Å². The second kappa shape index (κ2) is 7.11. The Bertz CT molecular complexity index is 1170. The highest BCUT2D eigenvalue weighted by atomic mass is 16.4. The lowest BCUT2D eigenvalue weighted by Crippen LogP contribution is -2.24. The number of unbranched alkanes of at least 4 members (excludes halogenated alkanes) is 1. The van der Waals surface area contributed by atoms with Gasteiger partial charge in [-0.25, -0.2) is 4.98 Å². The molecule has 138 valence electrons. The Hall–Kier alpha value is -3.35. The van der Waals surface area contributed by atoms with Crippen molar-refractivity contribution < 1.29 is 9.21 Å². The quantitative estimate of drug-likeness (QED) is 0.534. The minimum Gasteiger partial charge on any atom is -0.454 e. The molecular formula is C20H20N4O3. The average molecular weight is 364 g/mol. The Kier molecular flexibility index (Phi) is 4.50. The zero-order chi connectivity index (χ0) is 18.8. The summed E-state index contributed by atoms with van der Waals surface area (Å²) in [4.78, 5) is 29.4. The second-order valence-corrected chi connectivity index (χ2v) is 6.38. The monoisotopic (exact) mass is 364 g/mol. The van der Waals surface area contributed by atoms with Crippen molar-refractivity contribution in [3.8, 4) is 0 Å². The summed E-state index contributed by atoms with van der Waals surface area (Å²) in [6, 6.07) is 10.7. The van der Waals surface area contributed by atoms with E-state index in [2.05, 4.69) is 17.2 Å². The van der Waals surface area contributed by atoms with Gasteiger partial charge in [0.2, 0.25) is 0 Å². The summed E-state index contributed by atoms with van der Waals surface area (Å²) in [5, 5.41) is 2.82. The normalized spacial score (nSPS) is 11.3. The lowest BCUT2D eigenvalue weighted by atomic mass is 10.3. The van der Waals surface area contributed by atoms with Crippen LogP contribution in [0.2, 0.25) is 0 Å². The fourth-order valence-electron chi connectivity index (χ4n) is 3.14. The zero-order valence-corrected chi connectivity index (χ0v) is 15.0. The predicted octanol–water partition coefficient (Wildman–Crippen LogP) is 2.82. The molecule has 0 unspecified atom stereocenters. The van der Waals surface area contributed by atoms with E-state index in [1.165, 1.54) is 0 Å². The standard InChI is InChI=1S/C20H20N4O3/c1-2-3-10-22-19(25)17-9-8-14(27-17)13-24-18-15(6-4-11-21-18)23-12-5-7-16(23)20(24)26/h4-9,11-12H,2-3,10,13H2,1H3,(H,22,25). The first-order chi connectivity index (χ1) is 13.2. The third kappa shape index (κ3) is 3.12. The number of nitrogens with one attached hydrogen (secondary N) is 1. The van der Waals surface area contributed by atoms with Gasteiger partial charge < -0.3 is 14.1 Å². The molecule has 7 nitrogen and oxygen atoms in total. The van der Waals surface area contributed by atoms with Gasteiger partial charge in [-0.1, -0.05) is 13.3 Å². The molecule has 4 heterocycles. The average Bonchev–Trinajstić information content (AvgIpc) is 3.35. The maximum atomic E-state index is 12.9. The van der Waals surface area contributed by atoms with Crippen LogP contribution < -0.4 is 10.9 Å². The van der Waals surface area contributed by atoms with E-state index in [4.69, 9.17) is 4.42 Å². The van der Waals surface area contributed by atoms with Crippen molar-refractivity contribution in [1.82, 2.24) is 19.3 Å². The number of pyridine rings is 1. The lowest BCUT2D eigenvalue weighted by molar-refractivity contribution is 0.0923. The van der Waals surface area contributed by atoms with Crippen molar-refractivity contribution >= 4 is 22.6 Å². The van der Waals surface area contributed by atoms with Crippen molar-refractivity contribution in [3.63, 3.8) is 0 Å². The first-order valence-corrected chi connectivity index (χ1v) is 9.00. The molecule has 0 saturated carbocycles. The van der Waals surface area contributed by atoms with Crippen LogP contribution in [0.3, 0.4) is 0 Å². The molecule has 7 heteroatoms. The number of carbonyl (C=O) groups is 1. The molecule has 0 bridgehead atoms. The second-order valence-electron chi connectivity index (χ2n) is 6.38. The Morgan fingerprint density at radius 1 is 1.19 bits per heavy atom. The predicted molar refractivity (Wildman–Crippen MR) is 102 cm³/mol. The number of fused-ring (bicyclic) bond motifs is 3. The fraction of sp³-hybridized carbons (Fsp3) is 0.250. The maximum Gasteiger partial charge on any atom is 0.286 e. The van der Waals surface area contributed by atoms with Crippen LogP contribution in [0.1, 0.15) is 36.1 Å². The van der Waals surface area contributed by atoms with Crippen LogP contribution in [0, 0.1) is 0 Å². The van der Waals surface area contributed by atoms with Gasteiger partial charge >= 0.3 is 0 Å². The van der Waals surface area contributed by atoms with Crippen molar-refractivity contribution in [1.29, 1.82) is 0 Å². The maximum absolute atomic E-state index is 12.9. The van der Waals surface area contributed by atoms with Crippen LogP contribution >= 0.6 is 0 Å². The summed E-state index contributed by atoms with van der Waals surface area (Å²) in [7, 11) is 0. The number of furan rings is 1. The van der Waals surface area contributed by atoms with E-state index in [0.717, 1.165) is 18.4 Å². The van der Waals surface area contributed by atoms with Gasteiger partial charge in [0.15, 0.2) is 11.4 Å². The van der Waals surface area contributed by atoms with Crippen LogP contribution in [0.4, 0.5) is 0 Å². The summed E-state index contributed by atoms with van der Waals surface area (Å²) >= 11 is 0. The van der Waals surface area contributed by atoms with Crippen molar-refractivity contribution in [3.05, 3.63) is 70.7 Å². The Morgan fingerprint density at radius 3 is 2.89 bits per heavy atom. The highest BCUT2D eigenvalue weighted by Crippen LogP contribution is 2.15. The number of rotatable bonds is 6. The third-order valence-electron chi connectivity index (χ3n) is 4.51. The molecule has 1 amide bonds. The highest BCUT2D eigenvalue weighted by Gasteiger charge is 2.15. The molecule has 4 aromatic rings. The smallest absolute Gasteiger partial charge is 0.286 e. The Balaban J connectivity index is 1.69. The van der Waals surface area contributed by atoms with Gasteiger partial charge in [-0.15, -0.1) is 0 Å². The van der Waals surface area contributed by atoms with Gasteiger partial charge in [-0.2, -0.15) is 0 Å². The number of nitrogens with zero attached hydrogens (tertiary/aromatic N) is 3. The molecule has 0 spiro atoms. The largest absolute Gasteiger partial charge is 0.454 e. The van der Waals surface area contributed by atoms with E-state index in [-0.39, 0.29) is 23.8 Å². The van der Waals surface area contributed by atoms with Gasteiger partial charge in [-0.3, -0.25) is 14.2 Å². The molecule has 0 fully saturated rings. The van der Waals surface area contributed by atoms with E-state index < -0.39 is 0 Å². The van der Waals surface area contributed by atoms with Crippen LogP contribution in [0.15, 0.2) is 58.0 Å². The molecule has 0 saturated heterocycles. The highest BCUT2D eigenvalue weighted by molar-refractivity contribution is 5.91. The molecule has 0 aliphatic rings. The van der Waals surface area contributed by atoms with Gasteiger partial charge in [0, 0.05) is 18.9 Å². The van der Waals surface area contributed by atoms with Crippen LogP contribution in [0.25, 0.3) is 16.7 Å².